The van der Waals surface area contributed by atoms with Gasteiger partial charge in [-0.05, 0) is 30.4 Å². The molecule has 3 aliphatic rings. The van der Waals surface area contributed by atoms with Gasteiger partial charge in [-0.1, -0.05) is 12.2 Å². The van der Waals surface area contributed by atoms with E-state index >= 15 is 0 Å². The van der Waals surface area contributed by atoms with Crippen molar-refractivity contribution in [1.29, 1.82) is 0 Å². The predicted octanol–water partition coefficient (Wildman–Crippen LogP) is 2.18. The first-order valence-electron chi connectivity index (χ1n) is 7.61. The maximum Gasteiger partial charge on any atom is 0.269 e. The molecule has 1 fully saturated rings. The van der Waals surface area contributed by atoms with Gasteiger partial charge in [0.15, 0.2) is 11.6 Å². The number of hydrogen-bond donors (Lipinski definition) is 0. The van der Waals surface area contributed by atoms with E-state index in [2.05, 4.69) is 0 Å². The minimum atomic E-state index is -1.81. The van der Waals surface area contributed by atoms with Crippen LogP contribution in [0.5, 0.6) is 0 Å². The van der Waals surface area contributed by atoms with E-state index in [9.17, 15) is 23.9 Å². The molecule has 1 saturated carbocycles. The SMILES string of the molecule is O=C1C=C([S@@](=O)c2ccc([N+](=O)[O-])cc2)C(=O)[C@H]2[C@@H]1[C@H]1C=C[C@@H]2C1. The van der Waals surface area contributed by atoms with Crippen molar-refractivity contribution in [3.05, 3.63) is 57.5 Å². The number of nitro groups is 1. The Balaban J connectivity index is 1.66. The summed E-state index contributed by atoms with van der Waals surface area (Å²) in [5, 5.41) is 10.7. The summed E-state index contributed by atoms with van der Waals surface area (Å²) in [6, 6.07) is 5.21. The number of Topliss-reactive ketones (excluding diaryl/α,β-unsaturated/α-hetero) is 1. The van der Waals surface area contributed by atoms with Gasteiger partial charge in [0.2, 0.25) is 0 Å². The molecule has 0 spiro atoms. The van der Waals surface area contributed by atoms with Crippen LogP contribution in [-0.2, 0) is 20.4 Å². The molecule has 4 rings (SSSR count). The Hall–Kier alpha value is -2.41. The number of carbonyl (C=O) groups is 2. The highest BCUT2D eigenvalue weighted by molar-refractivity contribution is 7.90. The molecule has 0 N–H and O–H groups in total. The van der Waals surface area contributed by atoms with Crippen LogP contribution in [0, 0.1) is 33.8 Å². The first-order valence-corrected chi connectivity index (χ1v) is 8.76. The van der Waals surface area contributed by atoms with Gasteiger partial charge in [-0.25, -0.2) is 4.21 Å². The quantitative estimate of drug-likeness (QED) is 0.476. The van der Waals surface area contributed by atoms with E-state index in [1.54, 1.807) is 0 Å². The molecule has 0 heterocycles. The Morgan fingerprint density at radius 3 is 2.29 bits per heavy atom. The second kappa shape index (κ2) is 5.31. The Bertz CT molecular complexity index is 854. The number of fused-ring (bicyclic) bond motifs is 5. The van der Waals surface area contributed by atoms with E-state index in [1.165, 1.54) is 30.3 Å². The largest absolute Gasteiger partial charge is 0.294 e. The maximum atomic E-state index is 12.8. The third-order valence-corrected chi connectivity index (χ3v) is 6.49. The molecule has 3 aliphatic carbocycles. The zero-order chi connectivity index (χ0) is 17.0. The van der Waals surface area contributed by atoms with Gasteiger partial charge < -0.3 is 0 Å². The highest BCUT2D eigenvalue weighted by Crippen LogP contribution is 2.51. The lowest BCUT2D eigenvalue weighted by molar-refractivity contribution is -0.384. The van der Waals surface area contributed by atoms with Crippen molar-refractivity contribution in [2.24, 2.45) is 23.7 Å². The van der Waals surface area contributed by atoms with Gasteiger partial charge in [0, 0.05) is 34.9 Å². The first kappa shape index (κ1) is 15.1. The van der Waals surface area contributed by atoms with Crippen molar-refractivity contribution in [1.82, 2.24) is 0 Å². The molecular weight excluding hydrogens is 330 g/mol. The molecule has 2 bridgehead atoms. The molecule has 7 heteroatoms. The van der Waals surface area contributed by atoms with Crippen molar-refractivity contribution in [2.75, 3.05) is 0 Å². The van der Waals surface area contributed by atoms with Crippen LogP contribution in [0.2, 0.25) is 0 Å². The molecule has 122 valence electrons. The van der Waals surface area contributed by atoms with E-state index in [4.69, 9.17) is 0 Å². The number of nitro benzene ring substituents is 1. The number of ketones is 2. The zero-order valence-electron chi connectivity index (χ0n) is 12.5. The highest BCUT2D eigenvalue weighted by atomic mass is 32.2. The smallest absolute Gasteiger partial charge is 0.269 e. The van der Waals surface area contributed by atoms with Gasteiger partial charge in [-0.2, -0.15) is 0 Å². The van der Waals surface area contributed by atoms with E-state index < -0.39 is 21.6 Å². The van der Waals surface area contributed by atoms with Crippen LogP contribution in [0.1, 0.15) is 6.42 Å². The molecule has 0 aromatic heterocycles. The van der Waals surface area contributed by atoms with Gasteiger partial charge >= 0.3 is 0 Å². The van der Waals surface area contributed by atoms with Crippen molar-refractivity contribution in [2.45, 2.75) is 11.3 Å². The summed E-state index contributed by atoms with van der Waals surface area (Å²) in [4.78, 5) is 35.6. The summed E-state index contributed by atoms with van der Waals surface area (Å²) in [6.07, 6.45) is 6.01. The Morgan fingerprint density at radius 1 is 1.04 bits per heavy atom. The molecule has 1 aromatic carbocycles. The first-order chi connectivity index (χ1) is 11.5. The fraction of sp³-hybridized carbons (Fsp3) is 0.294. The average molecular weight is 343 g/mol. The van der Waals surface area contributed by atoms with Crippen LogP contribution in [-0.4, -0.2) is 20.7 Å². The molecule has 0 saturated heterocycles. The van der Waals surface area contributed by atoms with Crippen molar-refractivity contribution >= 4 is 28.1 Å². The minimum Gasteiger partial charge on any atom is -0.294 e. The number of nitrogens with zero attached hydrogens (tertiary/aromatic N) is 1. The molecular formula is C17H13NO5S. The summed E-state index contributed by atoms with van der Waals surface area (Å²) in [6.45, 7) is 0. The molecule has 24 heavy (non-hydrogen) atoms. The number of benzene rings is 1. The lowest BCUT2D eigenvalue weighted by Gasteiger charge is -2.29. The van der Waals surface area contributed by atoms with Crippen LogP contribution in [0.25, 0.3) is 0 Å². The van der Waals surface area contributed by atoms with E-state index in [0.717, 1.165) is 6.42 Å². The summed E-state index contributed by atoms with van der Waals surface area (Å²) >= 11 is 0. The lowest BCUT2D eigenvalue weighted by atomic mass is 9.75. The van der Waals surface area contributed by atoms with E-state index in [0.29, 0.717) is 0 Å². The van der Waals surface area contributed by atoms with Gasteiger partial charge in [0.25, 0.3) is 5.69 Å². The average Bonchev–Trinajstić information content (AvgIpc) is 3.19. The standard InChI is InChI=1S/C17H13NO5S/c19-13-8-14(17(20)16-10-2-1-9(7-10)15(13)16)24(23)12-5-3-11(4-6-12)18(21)22/h1-6,8-10,15-16H,7H2/t9-,10+,15+,16+,24-/m0/s1. The van der Waals surface area contributed by atoms with Crippen molar-refractivity contribution < 1.29 is 18.7 Å². The lowest BCUT2D eigenvalue weighted by Crippen LogP contribution is -2.38. The van der Waals surface area contributed by atoms with Gasteiger partial charge in [0.1, 0.15) is 0 Å². The number of hydrogen-bond acceptors (Lipinski definition) is 5. The van der Waals surface area contributed by atoms with Crippen molar-refractivity contribution in [3.8, 4) is 0 Å². The summed E-state index contributed by atoms with van der Waals surface area (Å²) < 4.78 is 12.7. The minimum absolute atomic E-state index is 0.0102. The van der Waals surface area contributed by atoms with Crippen LogP contribution in [0.4, 0.5) is 5.69 Å². The van der Waals surface area contributed by atoms with Crippen LogP contribution >= 0.6 is 0 Å². The second-order valence-electron chi connectivity index (χ2n) is 6.29. The fourth-order valence-corrected chi connectivity index (χ4v) is 5.17. The number of carbonyl (C=O) groups excluding carboxylic acids is 2. The van der Waals surface area contributed by atoms with Gasteiger partial charge in [-0.3, -0.25) is 19.7 Å². The Labute approximate surface area is 139 Å². The van der Waals surface area contributed by atoms with Gasteiger partial charge in [-0.15, -0.1) is 0 Å². The monoisotopic (exact) mass is 343 g/mol. The van der Waals surface area contributed by atoms with Crippen LogP contribution in [0.3, 0.4) is 0 Å². The summed E-state index contributed by atoms with van der Waals surface area (Å²) in [7, 11) is -1.81. The molecule has 0 aliphatic heterocycles. The topological polar surface area (TPSA) is 94.3 Å². The van der Waals surface area contributed by atoms with E-state index in [-0.39, 0.29) is 44.8 Å². The number of non-ortho nitro benzene ring substituents is 1. The zero-order valence-corrected chi connectivity index (χ0v) is 13.3. The third-order valence-electron chi connectivity index (χ3n) is 5.07. The molecule has 1 aromatic rings. The predicted molar refractivity (Wildman–Crippen MR) is 85.3 cm³/mol. The second-order valence-corrected chi connectivity index (χ2v) is 7.74. The number of allylic oxidation sites excluding steroid dienone is 4. The van der Waals surface area contributed by atoms with Gasteiger partial charge in [0.05, 0.1) is 20.6 Å². The van der Waals surface area contributed by atoms with E-state index in [1.807, 2.05) is 12.2 Å². The molecule has 5 atom stereocenters. The Morgan fingerprint density at radius 2 is 1.67 bits per heavy atom. The highest BCUT2D eigenvalue weighted by Gasteiger charge is 2.54. The molecule has 0 unspecified atom stereocenters. The molecule has 6 nitrogen and oxygen atoms in total. The third kappa shape index (κ3) is 2.11. The summed E-state index contributed by atoms with van der Waals surface area (Å²) in [5.74, 6) is -0.925. The summed E-state index contributed by atoms with van der Waals surface area (Å²) in [5.41, 5.74) is -0.117. The van der Waals surface area contributed by atoms with Crippen molar-refractivity contribution in [3.63, 3.8) is 0 Å². The Kier molecular flexibility index (Phi) is 3.35. The fourth-order valence-electron chi connectivity index (χ4n) is 3.99. The molecule has 0 radical (unpaired) electrons. The molecule has 0 amide bonds. The normalized spacial score (nSPS) is 31.8. The van der Waals surface area contributed by atoms with Crippen LogP contribution < -0.4 is 0 Å². The maximum absolute atomic E-state index is 12.8. The van der Waals surface area contributed by atoms with Crippen LogP contribution in [0.15, 0.2) is 52.3 Å². The number of rotatable bonds is 3.